The Hall–Kier alpha value is -4.59. The molecular formula is C23H16N8. The van der Waals surface area contributed by atoms with E-state index in [1.54, 1.807) is 31.0 Å². The Morgan fingerprint density at radius 1 is 0.774 bits per heavy atom. The standard InChI is InChI=1S/C23H16N8/c24-15-9-14(11-26-12-15)17-1-2-19-22(29-17)23(31-30-19)20-10-16-18(28-20)5-8-27-21(16)13-3-6-25-7-4-13/h1-12,28H,24H2,(H,30,31). The molecule has 8 nitrogen and oxygen atoms in total. The number of pyridine rings is 4. The van der Waals surface area contributed by atoms with Crippen LogP contribution in [-0.2, 0) is 0 Å². The summed E-state index contributed by atoms with van der Waals surface area (Å²) in [5.74, 6) is 0. The van der Waals surface area contributed by atoms with E-state index >= 15 is 0 Å². The zero-order chi connectivity index (χ0) is 20.8. The van der Waals surface area contributed by atoms with Crippen molar-refractivity contribution >= 4 is 27.6 Å². The number of nitrogens with two attached hydrogens (primary N) is 1. The minimum Gasteiger partial charge on any atom is -0.397 e. The highest BCUT2D eigenvalue weighted by molar-refractivity contribution is 5.99. The van der Waals surface area contributed by atoms with Crippen LogP contribution in [0, 0.1) is 0 Å². The van der Waals surface area contributed by atoms with Gasteiger partial charge in [-0.05, 0) is 42.5 Å². The van der Waals surface area contributed by atoms with E-state index in [4.69, 9.17) is 10.7 Å². The molecule has 0 fully saturated rings. The molecule has 0 aliphatic heterocycles. The molecule has 6 aromatic rings. The number of hydrogen-bond acceptors (Lipinski definition) is 6. The Kier molecular flexibility index (Phi) is 3.76. The topological polar surface area (TPSA) is 122 Å². The summed E-state index contributed by atoms with van der Waals surface area (Å²) in [6.07, 6.45) is 8.69. The van der Waals surface area contributed by atoms with Gasteiger partial charge in [-0.3, -0.25) is 20.1 Å². The lowest BCUT2D eigenvalue weighted by Crippen LogP contribution is -1.90. The lowest BCUT2D eigenvalue weighted by atomic mass is 10.1. The maximum atomic E-state index is 5.89. The van der Waals surface area contributed by atoms with E-state index in [0.29, 0.717) is 5.69 Å². The Morgan fingerprint density at radius 3 is 2.55 bits per heavy atom. The molecule has 0 atom stereocenters. The van der Waals surface area contributed by atoms with E-state index < -0.39 is 0 Å². The molecule has 31 heavy (non-hydrogen) atoms. The van der Waals surface area contributed by atoms with Crippen LogP contribution >= 0.6 is 0 Å². The first-order valence-corrected chi connectivity index (χ1v) is 9.71. The van der Waals surface area contributed by atoms with Gasteiger partial charge in [-0.25, -0.2) is 4.98 Å². The van der Waals surface area contributed by atoms with Crippen LogP contribution in [0.4, 0.5) is 5.69 Å². The molecule has 0 aliphatic carbocycles. The van der Waals surface area contributed by atoms with E-state index in [1.807, 2.05) is 36.4 Å². The molecule has 0 unspecified atom stereocenters. The van der Waals surface area contributed by atoms with Gasteiger partial charge < -0.3 is 10.7 Å². The van der Waals surface area contributed by atoms with Crippen LogP contribution in [0.2, 0.25) is 0 Å². The number of nitrogens with one attached hydrogen (secondary N) is 2. The number of aromatic amines is 2. The van der Waals surface area contributed by atoms with Crippen LogP contribution in [0.25, 0.3) is 55.8 Å². The van der Waals surface area contributed by atoms with Crippen molar-refractivity contribution in [3.05, 3.63) is 73.4 Å². The van der Waals surface area contributed by atoms with E-state index in [0.717, 1.165) is 55.8 Å². The zero-order valence-corrected chi connectivity index (χ0v) is 16.2. The summed E-state index contributed by atoms with van der Waals surface area (Å²) in [6.45, 7) is 0. The van der Waals surface area contributed by atoms with Gasteiger partial charge in [0.15, 0.2) is 0 Å². The second-order valence-corrected chi connectivity index (χ2v) is 7.21. The maximum absolute atomic E-state index is 5.89. The van der Waals surface area contributed by atoms with Crippen molar-refractivity contribution in [2.45, 2.75) is 0 Å². The third-order valence-electron chi connectivity index (χ3n) is 5.22. The largest absolute Gasteiger partial charge is 0.397 e. The summed E-state index contributed by atoms with van der Waals surface area (Å²) in [4.78, 5) is 21.2. The lowest BCUT2D eigenvalue weighted by Gasteiger charge is -2.02. The molecule has 6 aromatic heterocycles. The SMILES string of the molecule is Nc1cncc(-c2ccc3[nH]nc(-c4cc5c(-c6ccncc6)nccc5[nH]4)c3n2)c1. The summed E-state index contributed by atoms with van der Waals surface area (Å²) in [6, 6.07) is 13.7. The highest BCUT2D eigenvalue weighted by Gasteiger charge is 2.16. The Labute approximate surface area is 176 Å². The minimum atomic E-state index is 0.596. The first-order valence-electron chi connectivity index (χ1n) is 9.71. The lowest BCUT2D eigenvalue weighted by molar-refractivity contribution is 1.12. The average molecular weight is 404 g/mol. The van der Waals surface area contributed by atoms with Crippen LogP contribution < -0.4 is 5.73 Å². The third-order valence-corrected chi connectivity index (χ3v) is 5.22. The van der Waals surface area contributed by atoms with Gasteiger partial charge in [-0.1, -0.05) is 0 Å². The van der Waals surface area contributed by atoms with E-state index in [-0.39, 0.29) is 0 Å². The second-order valence-electron chi connectivity index (χ2n) is 7.21. The van der Waals surface area contributed by atoms with Crippen molar-refractivity contribution in [2.24, 2.45) is 0 Å². The van der Waals surface area contributed by atoms with Gasteiger partial charge in [0.05, 0.1) is 28.3 Å². The molecule has 0 saturated heterocycles. The van der Waals surface area contributed by atoms with Gasteiger partial charge in [0.1, 0.15) is 11.2 Å². The molecule has 0 aliphatic rings. The highest BCUT2D eigenvalue weighted by Crippen LogP contribution is 2.33. The summed E-state index contributed by atoms with van der Waals surface area (Å²) < 4.78 is 0. The number of nitrogen functional groups attached to an aromatic ring is 1. The quantitative estimate of drug-likeness (QED) is 0.406. The molecular weight excluding hydrogens is 388 g/mol. The Bertz CT molecular complexity index is 1550. The number of aromatic nitrogens is 7. The van der Waals surface area contributed by atoms with Gasteiger partial charge in [0.2, 0.25) is 0 Å². The number of fused-ring (bicyclic) bond motifs is 2. The van der Waals surface area contributed by atoms with Gasteiger partial charge >= 0.3 is 0 Å². The molecule has 148 valence electrons. The summed E-state index contributed by atoms with van der Waals surface area (Å²) in [5.41, 5.74) is 14.2. The fourth-order valence-electron chi connectivity index (χ4n) is 3.77. The number of hydrogen-bond donors (Lipinski definition) is 3. The van der Waals surface area contributed by atoms with Gasteiger partial charge in [0.25, 0.3) is 0 Å². The first kappa shape index (κ1) is 17.3. The number of rotatable bonds is 3. The van der Waals surface area contributed by atoms with Crippen molar-refractivity contribution in [3.63, 3.8) is 0 Å². The number of nitrogens with zero attached hydrogens (tertiary/aromatic N) is 5. The zero-order valence-electron chi connectivity index (χ0n) is 16.2. The fourth-order valence-corrected chi connectivity index (χ4v) is 3.77. The second kappa shape index (κ2) is 6.74. The van der Waals surface area contributed by atoms with Crippen molar-refractivity contribution in [1.29, 1.82) is 0 Å². The number of H-pyrrole nitrogens is 2. The Balaban J connectivity index is 1.51. The monoisotopic (exact) mass is 404 g/mol. The average Bonchev–Trinajstić information content (AvgIpc) is 3.43. The maximum Gasteiger partial charge on any atom is 0.135 e. The van der Waals surface area contributed by atoms with Crippen LogP contribution in [-0.4, -0.2) is 35.1 Å². The van der Waals surface area contributed by atoms with Crippen molar-refractivity contribution in [3.8, 4) is 33.9 Å². The molecule has 0 saturated carbocycles. The molecule has 0 amide bonds. The van der Waals surface area contributed by atoms with Crippen LogP contribution in [0.1, 0.15) is 0 Å². The van der Waals surface area contributed by atoms with Crippen molar-refractivity contribution in [2.75, 3.05) is 5.73 Å². The third kappa shape index (κ3) is 2.89. The Morgan fingerprint density at radius 2 is 1.68 bits per heavy atom. The normalized spacial score (nSPS) is 11.4. The molecule has 6 heterocycles. The van der Waals surface area contributed by atoms with E-state index in [1.165, 1.54) is 0 Å². The predicted octanol–water partition coefficient (Wildman–Crippen LogP) is 4.21. The summed E-state index contributed by atoms with van der Waals surface area (Å²) in [5, 5.41) is 8.61. The molecule has 4 N–H and O–H groups in total. The summed E-state index contributed by atoms with van der Waals surface area (Å²) >= 11 is 0. The van der Waals surface area contributed by atoms with Crippen LogP contribution in [0.3, 0.4) is 0 Å². The van der Waals surface area contributed by atoms with Crippen LogP contribution in [0.15, 0.2) is 73.4 Å². The molecule has 0 aromatic carbocycles. The highest BCUT2D eigenvalue weighted by atomic mass is 15.1. The smallest absolute Gasteiger partial charge is 0.135 e. The van der Waals surface area contributed by atoms with Crippen molar-refractivity contribution in [1.82, 2.24) is 35.1 Å². The van der Waals surface area contributed by atoms with E-state index in [9.17, 15) is 0 Å². The van der Waals surface area contributed by atoms with Crippen molar-refractivity contribution < 1.29 is 0 Å². The molecule has 0 spiro atoms. The van der Waals surface area contributed by atoms with E-state index in [2.05, 4.69) is 36.2 Å². The first-order chi connectivity index (χ1) is 15.3. The van der Waals surface area contributed by atoms with Crippen LogP contribution in [0.5, 0.6) is 0 Å². The summed E-state index contributed by atoms with van der Waals surface area (Å²) in [7, 11) is 0. The minimum absolute atomic E-state index is 0.596. The van der Waals surface area contributed by atoms with Gasteiger partial charge in [-0.2, -0.15) is 5.10 Å². The fraction of sp³-hybridized carbons (Fsp3) is 0. The predicted molar refractivity (Wildman–Crippen MR) is 120 cm³/mol. The number of anilines is 1. The van der Waals surface area contributed by atoms with Gasteiger partial charge in [-0.15, -0.1) is 0 Å². The molecule has 8 heteroatoms. The molecule has 0 radical (unpaired) electrons. The molecule has 6 rings (SSSR count). The van der Waals surface area contributed by atoms with Gasteiger partial charge in [0, 0.05) is 53.0 Å². The molecule has 0 bridgehead atoms.